The Morgan fingerprint density at radius 1 is 1.04 bits per heavy atom. The number of hydrogen-bond acceptors (Lipinski definition) is 2. The van der Waals surface area contributed by atoms with Crippen LogP contribution in [0, 0.1) is 0 Å². The van der Waals surface area contributed by atoms with E-state index in [0.717, 1.165) is 19.5 Å². The molecule has 1 aliphatic heterocycles. The maximum Gasteiger partial charge on any atom is 0.279 e. The van der Waals surface area contributed by atoms with Gasteiger partial charge in [-0.1, -0.05) is 30.3 Å². The van der Waals surface area contributed by atoms with Gasteiger partial charge in [0.2, 0.25) is 0 Å². The molecule has 0 saturated heterocycles. The molecule has 1 aliphatic rings. The molecule has 3 rings (SSSR count). The van der Waals surface area contributed by atoms with E-state index in [4.69, 9.17) is 0 Å². The molecule has 0 fully saturated rings. The number of rotatable bonds is 5. The van der Waals surface area contributed by atoms with Crippen molar-refractivity contribution in [2.24, 2.45) is 0 Å². The Labute approximate surface area is 153 Å². The number of nitrogens with one attached hydrogen (secondary N) is 3. The molecule has 2 aromatic carbocycles. The van der Waals surface area contributed by atoms with Gasteiger partial charge in [0.05, 0.1) is 13.1 Å². The van der Waals surface area contributed by atoms with Crippen molar-refractivity contribution in [3.8, 4) is 0 Å². The highest BCUT2D eigenvalue weighted by molar-refractivity contribution is 5.95. The summed E-state index contributed by atoms with van der Waals surface area (Å²) in [5.74, 6) is -0.147. The van der Waals surface area contributed by atoms with Crippen molar-refractivity contribution in [2.45, 2.75) is 6.42 Å². The van der Waals surface area contributed by atoms with Crippen LogP contribution in [0.15, 0.2) is 60.7 Å². The Morgan fingerprint density at radius 3 is 2.38 bits per heavy atom. The molecule has 0 bridgehead atoms. The molecule has 5 heteroatoms. The van der Waals surface area contributed by atoms with E-state index in [2.05, 4.69) is 41.0 Å². The monoisotopic (exact) mass is 350 g/mol. The zero-order valence-corrected chi connectivity index (χ0v) is 14.9. The Hall–Kier alpha value is -2.92. The molecule has 2 aromatic rings. The van der Waals surface area contributed by atoms with Crippen LogP contribution < -0.4 is 15.5 Å². The van der Waals surface area contributed by atoms with Crippen molar-refractivity contribution in [3.63, 3.8) is 0 Å². The second-order valence-corrected chi connectivity index (χ2v) is 6.43. The molecule has 0 saturated carbocycles. The lowest BCUT2D eigenvalue weighted by Crippen LogP contribution is -3.13. The molecular formula is C21H24N3O2+. The van der Waals surface area contributed by atoms with Crippen LogP contribution in [0.5, 0.6) is 0 Å². The predicted octanol–water partition coefficient (Wildman–Crippen LogP) is 1.36. The SMILES string of the molecule is CNC(=O)c1ccc(NC(=O)C[NH+]2CC=C(c3ccccc3)CC2)cc1. The van der Waals surface area contributed by atoms with Crippen LogP contribution in [0.1, 0.15) is 22.3 Å². The highest BCUT2D eigenvalue weighted by atomic mass is 16.2. The van der Waals surface area contributed by atoms with Gasteiger partial charge in [0.15, 0.2) is 6.54 Å². The minimum Gasteiger partial charge on any atom is -0.355 e. The second-order valence-electron chi connectivity index (χ2n) is 6.43. The summed E-state index contributed by atoms with van der Waals surface area (Å²) in [7, 11) is 1.59. The molecule has 0 aromatic heterocycles. The molecule has 0 spiro atoms. The number of anilines is 1. The molecule has 134 valence electrons. The average Bonchev–Trinajstić information content (AvgIpc) is 2.69. The van der Waals surface area contributed by atoms with Gasteiger partial charge in [-0.15, -0.1) is 0 Å². The molecule has 1 unspecified atom stereocenters. The summed E-state index contributed by atoms with van der Waals surface area (Å²) in [5.41, 5.74) is 3.91. The Kier molecular flexibility index (Phi) is 5.81. The maximum atomic E-state index is 12.3. The van der Waals surface area contributed by atoms with Gasteiger partial charge in [-0.25, -0.2) is 0 Å². The van der Waals surface area contributed by atoms with E-state index >= 15 is 0 Å². The number of quaternary nitrogens is 1. The topological polar surface area (TPSA) is 62.6 Å². The number of carbonyl (C=O) groups is 2. The average molecular weight is 350 g/mol. The smallest absolute Gasteiger partial charge is 0.279 e. The molecule has 26 heavy (non-hydrogen) atoms. The Morgan fingerprint density at radius 2 is 1.77 bits per heavy atom. The van der Waals surface area contributed by atoms with Crippen LogP contribution in [0.25, 0.3) is 5.57 Å². The molecule has 5 nitrogen and oxygen atoms in total. The van der Waals surface area contributed by atoms with Gasteiger partial charge in [0.1, 0.15) is 0 Å². The minimum atomic E-state index is -0.137. The minimum absolute atomic E-state index is 0.00995. The predicted molar refractivity (Wildman–Crippen MR) is 103 cm³/mol. The van der Waals surface area contributed by atoms with Crippen molar-refractivity contribution in [2.75, 3.05) is 32.0 Å². The zero-order chi connectivity index (χ0) is 18.4. The van der Waals surface area contributed by atoms with Gasteiger partial charge in [-0.2, -0.15) is 0 Å². The van der Waals surface area contributed by atoms with Crippen LogP contribution in [-0.2, 0) is 4.79 Å². The van der Waals surface area contributed by atoms with E-state index in [9.17, 15) is 9.59 Å². The molecule has 3 N–H and O–H groups in total. The normalized spacial score (nSPS) is 16.5. The van der Waals surface area contributed by atoms with E-state index in [0.29, 0.717) is 17.8 Å². The van der Waals surface area contributed by atoms with Crippen molar-refractivity contribution < 1.29 is 14.5 Å². The number of benzene rings is 2. The highest BCUT2D eigenvalue weighted by Gasteiger charge is 2.19. The largest absolute Gasteiger partial charge is 0.355 e. The van der Waals surface area contributed by atoms with E-state index < -0.39 is 0 Å². The third-order valence-electron chi connectivity index (χ3n) is 4.60. The maximum absolute atomic E-state index is 12.3. The standard InChI is InChI=1S/C21H23N3O2/c1-22-21(26)18-7-9-19(10-8-18)23-20(25)15-24-13-11-17(12-14-24)16-5-3-2-4-6-16/h2-11H,12-15H2,1H3,(H,22,26)(H,23,25)/p+1. The van der Waals surface area contributed by atoms with Crippen molar-refractivity contribution in [1.82, 2.24) is 5.32 Å². The van der Waals surface area contributed by atoms with Crippen LogP contribution >= 0.6 is 0 Å². The fourth-order valence-corrected chi connectivity index (χ4v) is 3.14. The summed E-state index contributed by atoms with van der Waals surface area (Å²) < 4.78 is 0. The number of hydrogen-bond donors (Lipinski definition) is 3. The van der Waals surface area contributed by atoms with Gasteiger partial charge >= 0.3 is 0 Å². The number of carbonyl (C=O) groups excluding carboxylic acids is 2. The van der Waals surface area contributed by atoms with Gasteiger partial charge in [0.25, 0.3) is 11.8 Å². The zero-order valence-electron chi connectivity index (χ0n) is 14.9. The van der Waals surface area contributed by atoms with E-state index in [1.807, 2.05) is 6.07 Å². The lowest BCUT2D eigenvalue weighted by molar-refractivity contribution is -0.886. The first-order chi connectivity index (χ1) is 12.7. The highest BCUT2D eigenvalue weighted by Crippen LogP contribution is 2.17. The summed E-state index contributed by atoms with van der Waals surface area (Å²) in [6.07, 6.45) is 3.22. The van der Waals surface area contributed by atoms with Crippen LogP contribution in [0.2, 0.25) is 0 Å². The van der Waals surface area contributed by atoms with Crippen molar-refractivity contribution in [3.05, 3.63) is 71.8 Å². The molecular weight excluding hydrogens is 326 g/mol. The van der Waals surface area contributed by atoms with Gasteiger partial charge in [-0.05, 0) is 41.5 Å². The van der Waals surface area contributed by atoms with Crippen LogP contribution in [0.4, 0.5) is 5.69 Å². The van der Waals surface area contributed by atoms with Gasteiger partial charge < -0.3 is 15.5 Å². The summed E-state index contributed by atoms with van der Waals surface area (Å²) in [6.45, 7) is 2.24. The number of amides is 2. The fourth-order valence-electron chi connectivity index (χ4n) is 3.14. The first-order valence-electron chi connectivity index (χ1n) is 8.85. The molecule has 1 atom stereocenters. The first kappa shape index (κ1) is 17.9. The Balaban J connectivity index is 1.51. The third kappa shape index (κ3) is 4.58. The van der Waals surface area contributed by atoms with E-state index in [-0.39, 0.29) is 11.8 Å². The Bertz CT molecular complexity index is 798. The van der Waals surface area contributed by atoms with Gasteiger partial charge in [-0.3, -0.25) is 9.59 Å². The van der Waals surface area contributed by atoms with Gasteiger partial charge in [0, 0.05) is 24.7 Å². The quantitative estimate of drug-likeness (QED) is 0.762. The summed E-state index contributed by atoms with van der Waals surface area (Å²) in [5, 5.41) is 5.48. The molecule has 0 aliphatic carbocycles. The van der Waals surface area contributed by atoms with E-state index in [1.54, 1.807) is 31.3 Å². The molecule has 1 heterocycles. The summed E-state index contributed by atoms with van der Waals surface area (Å²) >= 11 is 0. The summed E-state index contributed by atoms with van der Waals surface area (Å²) in [4.78, 5) is 25.1. The third-order valence-corrected chi connectivity index (χ3v) is 4.60. The molecule has 0 radical (unpaired) electrons. The van der Waals surface area contributed by atoms with Crippen molar-refractivity contribution in [1.29, 1.82) is 0 Å². The lowest BCUT2D eigenvalue weighted by atomic mass is 10.00. The fraction of sp³-hybridized carbons (Fsp3) is 0.238. The van der Waals surface area contributed by atoms with E-state index in [1.165, 1.54) is 16.0 Å². The van der Waals surface area contributed by atoms with Crippen molar-refractivity contribution >= 4 is 23.1 Å². The first-order valence-corrected chi connectivity index (χ1v) is 8.85. The second kappa shape index (κ2) is 8.45. The van der Waals surface area contributed by atoms with Crippen LogP contribution in [0.3, 0.4) is 0 Å². The molecule has 2 amide bonds. The lowest BCUT2D eigenvalue weighted by Gasteiger charge is -2.23. The summed E-state index contributed by atoms with van der Waals surface area (Å²) in [6, 6.07) is 17.3. The van der Waals surface area contributed by atoms with Crippen LogP contribution in [-0.4, -0.2) is 38.5 Å².